The maximum Gasteiger partial charge on any atom is 0.416 e. The minimum Gasteiger partial charge on any atom is -0.166 e. The Hall–Kier alpha value is -0.440. The fraction of sp³-hybridized carbons (Fsp3) is 0.375. The SMILES string of the molecule is CC1[CH]C(Cl)=CC(C(F)(F)F)=C1. The Labute approximate surface area is 73.7 Å². The van der Waals surface area contributed by atoms with Crippen LogP contribution in [0.5, 0.6) is 0 Å². The van der Waals surface area contributed by atoms with E-state index in [1.54, 1.807) is 13.3 Å². The van der Waals surface area contributed by atoms with E-state index in [9.17, 15) is 13.2 Å². The van der Waals surface area contributed by atoms with Crippen molar-refractivity contribution in [2.24, 2.45) is 5.92 Å². The second kappa shape index (κ2) is 3.13. The molecule has 0 heterocycles. The van der Waals surface area contributed by atoms with Crippen molar-refractivity contribution < 1.29 is 13.2 Å². The van der Waals surface area contributed by atoms with Crippen molar-refractivity contribution in [1.29, 1.82) is 0 Å². The third kappa shape index (κ3) is 2.27. The Kier molecular flexibility index (Phi) is 2.52. The lowest BCUT2D eigenvalue weighted by molar-refractivity contribution is -0.0887. The molecule has 0 amide bonds. The molecule has 1 aliphatic rings. The van der Waals surface area contributed by atoms with Gasteiger partial charge in [-0.25, -0.2) is 0 Å². The molecule has 0 aliphatic heterocycles. The van der Waals surface area contributed by atoms with Gasteiger partial charge in [-0.05, 0) is 12.0 Å². The molecule has 0 aromatic carbocycles. The van der Waals surface area contributed by atoms with E-state index < -0.39 is 11.7 Å². The Bertz CT molecular complexity index is 237. The number of rotatable bonds is 0. The summed E-state index contributed by atoms with van der Waals surface area (Å²) in [6.45, 7) is 1.65. The number of halogens is 4. The highest BCUT2D eigenvalue weighted by molar-refractivity contribution is 6.31. The summed E-state index contributed by atoms with van der Waals surface area (Å²) in [6, 6.07) is 0. The molecule has 1 atom stereocenters. The van der Waals surface area contributed by atoms with Crippen molar-refractivity contribution in [1.82, 2.24) is 0 Å². The fourth-order valence-corrected chi connectivity index (χ4v) is 1.32. The molecular weight excluding hydrogens is 189 g/mol. The average Bonchev–Trinajstić information content (AvgIpc) is 1.82. The summed E-state index contributed by atoms with van der Waals surface area (Å²) in [6.07, 6.45) is -0.646. The van der Waals surface area contributed by atoms with Crippen LogP contribution in [-0.4, -0.2) is 6.18 Å². The van der Waals surface area contributed by atoms with Gasteiger partial charge in [-0.15, -0.1) is 0 Å². The lowest BCUT2D eigenvalue weighted by Gasteiger charge is -2.16. The molecule has 12 heavy (non-hydrogen) atoms. The first-order chi connectivity index (χ1) is 5.39. The predicted octanol–water partition coefficient (Wildman–Crippen LogP) is 3.45. The van der Waals surface area contributed by atoms with Gasteiger partial charge in [0.2, 0.25) is 0 Å². The molecule has 4 heteroatoms. The Morgan fingerprint density at radius 2 is 2.00 bits per heavy atom. The molecule has 0 spiro atoms. The molecule has 0 saturated carbocycles. The van der Waals surface area contributed by atoms with Crippen molar-refractivity contribution in [3.05, 3.63) is 29.2 Å². The van der Waals surface area contributed by atoms with Crippen LogP contribution in [0.4, 0.5) is 13.2 Å². The molecule has 0 fully saturated rings. The smallest absolute Gasteiger partial charge is 0.166 e. The van der Waals surface area contributed by atoms with Gasteiger partial charge in [-0.1, -0.05) is 24.6 Å². The van der Waals surface area contributed by atoms with Crippen LogP contribution in [0.1, 0.15) is 6.92 Å². The fourth-order valence-electron chi connectivity index (χ4n) is 1.00. The Morgan fingerprint density at radius 1 is 1.42 bits per heavy atom. The largest absolute Gasteiger partial charge is 0.416 e. The zero-order valence-corrected chi connectivity index (χ0v) is 7.08. The lowest BCUT2D eigenvalue weighted by Crippen LogP contribution is -2.14. The van der Waals surface area contributed by atoms with Gasteiger partial charge in [0, 0.05) is 11.5 Å². The van der Waals surface area contributed by atoms with E-state index in [0.717, 1.165) is 12.2 Å². The van der Waals surface area contributed by atoms with Crippen LogP contribution in [0.25, 0.3) is 0 Å². The highest BCUT2D eigenvalue weighted by Gasteiger charge is 2.34. The monoisotopic (exact) mass is 195 g/mol. The van der Waals surface area contributed by atoms with E-state index in [1.807, 2.05) is 0 Å². The molecule has 0 saturated heterocycles. The first kappa shape index (κ1) is 9.65. The van der Waals surface area contributed by atoms with Crippen molar-refractivity contribution in [2.75, 3.05) is 0 Å². The van der Waals surface area contributed by atoms with E-state index in [4.69, 9.17) is 11.6 Å². The summed E-state index contributed by atoms with van der Waals surface area (Å²) < 4.78 is 36.3. The minimum absolute atomic E-state index is 0.150. The maximum absolute atomic E-state index is 12.1. The van der Waals surface area contributed by atoms with Gasteiger partial charge in [-0.2, -0.15) is 13.2 Å². The van der Waals surface area contributed by atoms with E-state index in [0.29, 0.717) is 0 Å². The van der Waals surface area contributed by atoms with Gasteiger partial charge >= 0.3 is 6.18 Å². The molecule has 0 bridgehead atoms. The van der Waals surface area contributed by atoms with Crippen molar-refractivity contribution in [2.45, 2.75) is 13.1 Å². The summed E-state index contributed by atoms with van der Waals surface area (Å²) >= 11 is 5.48. The average molecular weight is 196 g/mol. The van der Waals surface area contributed by atoms with Gasteiger partial charge < -0.3 is 0 Å². The van der Waals surface area contributed by atoms with E-state index >= 15 is 0 Å². The third-order valence-corrected chi connectivity index (χ3v) is 1.72. The van der Waals surface area contributed by atoms with Crippen molar-refractivity contribution in [3.8, 4) is 0 Å². The normalized spacial score (nSPS) is 24.9. The Balaban J connectivity index is 2.91. The van der Waals surface area contributed by atoms with Gasteiger partial charge in [0.15, 0.2) is 0 Å². The van der Waals surface area contributed by atoms with Crippen LogP contribution < -0.4 is 0 Å². The van der Waals surface area contributed by atoms with E-state index in [1.165, 1.54) is 0 Å². The van der Waals surface area contributed by atoms with Crippen LogP contribution >= 0.6 is 11.6 Å². The van der Waals surface area contributed by atoms with Crippen LogP contribution in [0.2, 0.25) is 0 Å². The van der Waals surface area contributed by atoms with Gasteiger partial charge in [0.25, 0.3) is 0 Å². The summed E-state index contributed by atoms with van der Waals surface area (Å²) in [5.41, 5.74) is -0.664. The zero-order valence-electron chi connectivity index (χ0n) is 6.32. The van der Waals surface area contributed by atoms with Gasteiger partial charge in [0.1, 0.15) is 0 Å². The molecule has 0 aromatic heterocycles. The van der Waals surface area contributed by atoms with E-state index in [-0.39, 0.29) is 11.0 Å². The van der Waals surface area contributed by atoms with Crippen LogP contribution in [-0.2, 0) is 0 Å². The summed E-state index contributed by atoms with van der Waals surface area (Å²) in [5.74, 6) is -0.251. The van der Waals surface area contributed by atoms with Crippen LogP contribution in [0.3, 0.4) is 0 Å². The van der Waals surface area contributed by atoms with Crippen LogP contribution in [0.15, 0.2) is 22.8 Å². The molecular formula is C8H7ClF3. The first-order valence-electron chi connectivity index (χ1n) is 3.40. The maximum atomic E-state index is 12.1. The highest BCUT2D eigenvalue weighted by atomic mass is 35.5. The standard InChI is InChI=1S/C8H7ClF3/c1-5-2-6(8(10,11)12)4-7(9)3-5/h2-5H,1H3. The lowest BCUT2D eigenvalue weighted by atomic mass is 9.97. The molecule has 67 valence electrons. The number of hydrogen-bond acceptors (Lipinski definition) is 0. The Morgan fingerprint density at radius 3 is 2.42 bits per heavy atom. The van der Waals surface area contributed by atoms with Gasteiger partial charge in [-0.3, -0.25) is 0 Å². The topological polar surface area (TPSA) is 0 Å². The van der Waals surface area contributed by atoms with Crippen molar-refractivity contribution in [3.63, 3.8) is 0 Å². The van der Waals surface area contributed by atoms with Crippen molar-refractivity contribution >= 4 is 11.6 Å². The molecule has 1 aliphatic carbocycles. The number of allylic oxidation sites excluding steroid dienone is 4. The zero-order chi connectivity index (χ0) is 9.35. The molecule has 0 nitrogen and oxygen atoms in total. The number of hydrogen-bond donors (Lipinski definition) is 0. The summed E-state index contributed by atoms with van der Waals surface area (Å²) in [4.78, 5) is 0. The van der Waals surface area contributed by atoms with Crippen LogP contribution in [0, 0.1) is 12.3 Å². The molecule has 1 unspecified atom stereocenters. The quantitative estimate of drug-likeness (QED) is 0.555. The van der Waals surface area contributed by atoms with Gasteiger partial charge in [0.05, 0.1) is 5.57 Å². The molecule has 1 radical (unpaired) electrons. The number of alkyl halides is 3. The summed E-state index contributed by atoms with van der Waals surface area (Å²) in [7, 11) is 0. The summed E-state index contributed by atoms with van der Waals surface area (Å²) in [5, 5.41) is 0.150. The molecule has 0 aromatic rings. The predicted molar refractivity (Wildman–Crippen MR) is 41.5 cm³/mol. The molecule has 0 N–H and O–H groups in total. The first-order valence-corrected chi connectivity index (χ1v) is 3.78. The molecule has 1 rings (SSSR count). The second-order valence-corrected chi connectivity index (χ2v) is 3.11. The third-order valence-electron chi connectivity index (χ3n) is 1.49. The highest BCUT2D eigenvalue weighted by Crippen LogP contribution is 2.34. The minimum atomic E-state index is -4.29. The second-order valence-electron chi connectivity index (χ2n) is 2.67. The van der Waals surface area contributed by atoms with E-state index in [2.05, 4.69) is 0 Å².